The van der Waals surface area contributed by atoms with Gasteiger partial charge in [0.1, 0.15) is 5.52 Å². The van der Waals surface area contributed by atoms with Gasteiger partial charge >= 0.3 is 0 Å². The highest BCUT2D eigenvalue weighted by Crippen LogP contribution is 2.24. The van der Waals surface area contributed by atoms with Crippen LogP contribution in [0.2, 0.25) is 0 Å². The highest BCUT2D eigenvalue weighted by Gasteiger charge is 2.20. The van der Waals surface area contributed by atoms with E-state index in [1.807, 2.05) is 16.8 Å². The number of hydrogen-bond donors (Lipinski definition) is 2. The number of anilines is 1. The average Bonchev–Trinajstić information content (AvgIpc) is 2.85. The van der Waals surface area contributed by atoms with Crippen LogP contribution >= 0.6 is 0 Å². The van der Waals surface area contributed by atoms with Crippen molar-refractivity contribution >= 4 is 11.3 Å². The summed E-state index contributed by atoms with van der Waals surface area (Å²) in [7, 11) is 0. The monoisotopic (exact) mass is 246 g/mol. The number of nitrogens with one attached hydrogen (secondary N) is 1. The Bertz CT molecular complexity index is 524. The van der Waals surface area contributed by atoms with E-state index < -0.39 is 0 Å². The van der Waals surface area contributed by atoms with E-state index in [4.69, 9.17) is 0 Å². The normalized spacial score (nSPS) is 24.3. The molecule has 1 aliphatic carbocycles. The molecule has 0 bridgehead atoms. The predicted octanol–water partition coefficient (Wildman–Crippen LogP) is 1.69. The van der Waals surface area contributed by atoms with Gasteiger partial charge in [-0.15, -0.1) is 0 Å². The number of hydrogen-bond acceptors (Lipinski definition) is 4. The third-order valence-electron chi connectivity index (χ3n) is 3.64. The molecule has 96 valence electrons. The minimum atomic E-state index is -0.121. The fourth-order valence-corrected chi connectivity index (χ4v) is 2.68. The molecule has 0 aromatic carbocycles. The molecule has 2 heterocycles. The van der Waals surface area contributed by atoms with Crippen molar-refractivity contribution in [3.63, 3.8) is 0 Å². The molecule has 5 heteroatoms. The van der Waals surface area contributed by atoms with Crippen LogP contribution in [0.25, 0.3) is 5.52 Å². The van der Waals surface area contributed by atoms with Gasteiger partial charge in [-0.25, -0.2) is 9.50 Å². The lowest BCUT2D eigenvalue weighted by molar-refractivity contribution is 0.104. The van der Waals surface area contributed by atoms with Gasteiger partial charge in [0.2, 0.25) is 0 Å². The Morgan fingerprint density at radius 3 is 3.22 bits per heavy atom. The standard InChI is InChI=1S/C13H18N4O/c18-11-3-1-2-10(8-11)9-15-13-12-4-5-16-17(12)7-6-14-13/h4-7,10-11,18H,1-3,8-9H2,(H,14,15). The first-order valence-electron chi connectivity index (χ1n) is 6.53. The molecule has 0 saturated heterocycles. The second-order valence-corrected chi connectivity index (χ2v) is 5.00. The molecular formula is C13H18N4O. The quantitative estimate of drug-likeness (QED) is 0.865. The van der Waals surface area contributed by atoms with E-state index in [1.165, 1.54) is 6.42 Å². The summed E-state index contributed by atoms with van der Waals surface area (Å²) in [4.78, 5) is 4.35. The average molecular weight is 246 g/mol. The molecule has 2 N–H and O–H groups in total. The lowest BCUT2D eigenvalue weighted by Gasteiger charge is -2.26. The molecule has 1 aliphatic rings. The Balaban J connectivity index is 1.67. The van der Waals surface area contributed by atoms with E-state index in [9.17, 15) is 5.11 Å². The van der Waals surface area contributed by atoms with Crippen molar-refractivity contribution in [1.29, 1.82) is 0 Å². The Kier molecular flexibility index (Phi) is 3.15. The summed E-state index contributed by atoms with van der Waals surface area (Å²) in [5, 5.41) is 17.2. The van der Waals surface area contributed by atoms with Crippen LogP contribution < -0.4 is 5.32 Å². The first-order chi connectivity index (χ1) is 8.83. The van der Waals surface area contributed by atoms with Gasteiger partial charge in [0.05, 0.1) is 12.3 Å². The van der Waals surface area contributed by atoms with Gasteiger partial charge in [-0.1, -0.05) is 6.42 Å². The number of aliphatic hydroxyl groups excluding tert-OH is 1. The van der Waals surface area contributed by atoms with E-state index in [0.717, 1.165) is 37.1 Å². The van der Waals surface area contributed by atoms with Crippen molar-refractivity contribution in [3.8, 4) is 0 Å². The zero-order valence-electron chi connectivity index (χ0n) is 10.3. The highest BCUT2D eigenvalue weighted by atomic mass is 16.3. The summed E-state index contributed by atoms with van der Waals surface area (Å²) in [6.45, 7) is 0.870. The van der Waals surface area contributed by atoms with Gasteiger partial charge in [-0.2, -0.15) is 5.10 Å². The molecule has 2 unspecified atom stereocenters. The van der Waals surface area contributed by atoms with E-state index in [0.29, 0.717) is 5.92 Å². The van der Waals surface area contributed by atoms with Crippen LogP contribution in [0.4, 0.5) is 5.82 Å². The van der Waals surface area contributed by atoms with Gasteiger partial charge in [0.25, 0.3) is 0 Å². The second kappa shape index (κ2) is 4.94. The van der Waals surface area contributed by atoms with E-state index in [2.05, 4.69) is 15.4 Å². The zero-order valence-corrected chi connectivity index (χ0v) is 10.3. The van der Waals surface area contributed by atoms with Crippen LogP contribution in [0.3, 0.4) is 0 Å². The number of rotatable bonds is 3. The Hall–Kier alpha value is -1.62. The third kappa shape index (κ3) is 2.31. The van der Waals surface area contributed by atoms with Crippen molar-refractivity contribution in [2.75, 3.05) is 11.9 Å². The molecule has 0 amide bonds. The molecule has 0 spiro atoms. The largest absolute Gasteiger partial charge is 0.393 e. The predicted molar refractivity (Wildman–Crippen MR) is 69.4 cm³/mol. The minimum absolute atomic E-state index is 0.121. The second-order valence-electron chi connectivity index (χ2n) is 5.00. The Labute approximate surface area is 106 Å². The fraction of sp³-hybridized carbons (Fsp3) is 0.538. The van der Waals surface area contributed by atoms with Crippen molar-refractivity contribution in [2.45, 2.75) is 31.8 Å². The SMILES string of the molecule is OC1CCCC(CNc2nccn3nccc23)C1. The lowest BCUT2D eigenvalue weighted by Crippen LogP contribution is -2.25. The van der Waals surface area contributed by atoms with Gasteiger partial charge < -0.3 is 10.4 Å². The Morgan fingerprint density at radius 2 is 2.33 bits per heavy atom. The number of nitrogens with zero attached hydrogens (tertiary/aromatic N) is 3. The molecule has 2 atom stereocenters. The number of aromatic nitrogens is 3. The topological polar surface area (TPSA) is 62.5 Å². The number of fused-ring (bicyclic) bond motifs is 1. The Morgan fingerprint density at radius 1 is 1.39 bits per heavy atom. The first kappa shape index (κ1) is 11.5. The lowest BCUT2D eigenvalue weighted by atomic mass is 9.87. The molecule has 5 nitrogen and oxygen atoms in total. The summed E-state index contributed by atoms with van der Waals surface area (Å²) in [5.74, 6) is 1.41. The van der Waals surface area contributed by atoms with Crippen molar-refractivity contribution in [2.24, 2.45) is 5.92 Å². The molecule has 1 fully saturated rings. The molecule has 0 aliphatic heterocycles. The van der Waals surface area contributed by atoms with Crippen LogP contribution in [0, 0.1) is 5.92 Å². The minimum Gasteiger partial charge on any atom is -0.393 e. The van der Waals surface area contributed by atoms with Gasteiger partial charge in [-0.05, 0) is 31.2 Å². The maximum Gasteiger partial charge on any atom is 0.152 e. The van der Waals surface area contributed by atoms with Crippen molar-refractivity contribution in [3.05, 3.63) is 24.7 Å². The van der Waals surface area contributed by atoms with E-state index in [-0.39, 0.29) is 6.10 Å². The van der Waals surface area contributed by atoms with Crippen LogP contribution in [-0.4, -0.2) is 32.4 Å². The molecule has 1 saturated carbocycles. The van der Waals surface area contributed by atoms with Crippen molar-refractivity contribution < 1.29 is 5.11 Å². The molecular weight excluding hydrogens is 228 g/mol. The van der Waals surface area contributed by atoms with Crippen molar-refractivity contribution in [1.82, 2.24) is 14.6 Å². The van der Waals surface area contributed by atoms with Crippen LogP contribution in [0.5, 0.6) is 0 Å². The molecule has 18 heavy (non-hydrogen) atoms. The van der Waals surface area contributed by atoms with Gasteiger partial charge in [-0.3, -0.25) is 0 Å². The molecule has 2 aromatic heterocycles. The molecule has 2 aromatic rings. The third-order valence-corrected chi connectivity index (χ3v) is 3.64. The van der Waals surface area contributed by atoms with Crippen LogP contribution in [0.15, 0.2) is 24.7 Å². The highest BCUT2D eigenvalue weighted by molar-refractivity contribution is 5.66. The first-order valence-corrected chi connectivity index (χ1v) is 6.53. The summed E-state index contributed by atoms with van der Waals surface area (Å²) in [6, 6.07) is 1.95. The van der Waals surface area contributed by atoms with Crippen LogP contribution in [0.1, 0.15) is 25.7 Å². The van der Waals surface area contributed by atoms with E-state index >= 15 is 0 Å². The maximum absolute atomic E-state index is 9.66. The fourth-order valence-electron chi connectivity index (χ4n) is 2.68. The maximum atomic E-state index is 9.66. The summed E-state index contributed by atoms with van der Waals surface area (Å²) in [5.41, 5.74) is 0.994. The summed E-state index contributed by atoms with van der Waals surface area (Å²) < 4.78 is 1.81. The zero-order chi connectivity index (χ0) is 12.4. The van der Waals surface area contributed by atoms with E-state index in [1.54, 1.807) is 12.4 Å². The number of aliphatic hydroxyl groups is 1. The van der Waals surface area contributed by atoms with Gasteiger partial charge in [0.15, 0.2) is 5.82 Å². The summed E-state index contributed by atoms with van der Waals surface area (Å²) in [6.07, 6.45) is 9.39. The molecule has 3 rings (SSSR count). The van der Waals surface area contributed by atoms with Gasteiger partial charge in [0, 0.05) is 18.9 Å². The molecule has 0 radical (unpaired) electrons. The smallest absolute Gasteiger partial charge is 0.152 e. The summed E-state index contributed by atoms with van der Waals surface area (Å²) >= 11 is 0. The van der Waals surface area contributed by atoms with Crippen LogP contribution in [-0.2, 0) is 0 Å².